The van der Waals surface area contributed by atoms with Gasteiger partial charge in [0.25, 0.3) is 5.91 Å². The third kappa shape index (κ3) is 4.16. The number of hydrogen-bond acceptors (Lipinski definition) is 4. The SMILES string of the molecule is CC(C)OCCN(C)C(=O)c1cc(N)cnc1Cl. The molecule has 1 aromatic heterocycles. The van der Waals surface area contributed by atoms with Gasteiger partial charge in [0, 0.05) is 13.6 Å². The van der Waals surface area contributed by atoms with E-state index in [-0.39, 0.29) is 17.2 Å². The first-order valence-electron chi connectivity index (χ1n) is 5.70. The molecule has 0 saturated carbocycles. The summed E-state index contributed by atoms with van der Waals surface area (Å²) in [4.78, 5) is 17.5. The summed E-state index contributed by atoms with van der Waals surface area (Å²) in [5.41, 5.74) is 6.31. The zero-order valence-electron chi connectivity index (χ0n) is 10.8. The molecule has 0 aliphatic rings. The molecule has 1 rings (SSSR count). The number of rotatable bonds is 5. The largest absolute Gasteiger partial charge is 0.397 e. The molecule has 18 heavy (non-hydrogen) atoms. The summed E-state index contributed by atoms with van der Waals surface area (Å²) in [6, 6.07) is 1.53. The molecule has 6 heteroatoms. The summed E-state index contributed by atoms with van der Waals surface area (Å²) in [5, 5.41) is 0.158. The number of amides is 1. The average molecular weight is 272 g/mol. The van der Waals surface area contributed by atoms with E-state index in [0.717, 1.165) is 0 Å². The highest BCUT2D eigenvalue weighted by molar-refractivity contribution is 6.32. The molecule has 1 heterocycles. The van der Waals surface area contributed by atoms with Crippen molar-refractivity contribution in [3.05, 3.63) is 23.0 Å². The molecule has 0 fully saturated rings. The Kier molecular flexibility index (Phi) is 5.37. The number of hydrogen-bond donors (Lipinski definition) is 1. The Balaban J connectivity index is 2.65. The summed E-state index contributed by atoms with van der Waals surface area (Å²) in [5.74, 6) is -0.216. The summed E-state index contributed by atoms with van der Waals surface area (Å²) in [6.45, 7) is 4.86. The Labute approximate surface area is 112 Å². The third-order valence-corrected chi connectivity index (χ3v) is 2.62. The molecule has 0 atom stereocenters. The first kappa shape index (κ1) is 14.7. The number of likely N-dealkylation sites (N-methyl/N-ethyl adjacent to an activating group) is 1. The fraction of sp³-hybridized carbons (Fsp3) is 0.500. The van der Waals surface area contributed by atoms with E-state index in [1.165, 1.54) is 17.2 Å². The van der Waals surface area contributed by atoms with Gasteiger partial charge < -0.3 is 15.4 Å². The maximum Gasteiger partial charge on any atom is 0.256 e. The van der Waals surface area contributed by atoms with E-state index in [0.29, 0.717) is 24.4 Å². The van der Waals surface area contributed by atoms with Crippen LogP contribution in [0.25, 0.3) is 0 Å². The Morgan fingerprint density at radius 1 is 1.61 bits per heavy atom. The van der Waals surface area contributed by atoms with Gasteiger partial charge in [-0.2, -0.15) is 0 Å². The maximum atomic E-state index is 12.1. The molecule has 1 amide bonds. The van der Waals surface area contributed by atoms with E-state index >= 15 is 0 Å². The van der Waals surface area contributed by atoms with E-state index in [4.69, 9.17) is 22.1 Å². The fourth-order valence-electron chi connectivity index (χ4n) is 1.35. The number of nitrogens with zero attached hydrogens (tertiary/aromatic N) is 2. The number of carbonyl (C=O) groups excluding carboxylic acids is 1. The lowest BCUT2D eigenvalue weighted by atomic mass is 10.2. The van der Waals surface area contributed by atoms with Gasteiger partial charge in [0.2, 0.25) is 0 Å². The van der Waals surface area contributed by atoms with Gasteiger partial charge in [0.05, 0.1) is 30.2 Å². The summed E-state index contributed by atoms with van der Waals surface area (Å²) < 4.78 is 5.39. The van der Waals surface area contributed by atoms with Crippen molar-refractivity contribution < 1.29 is 9.53 Å². The highest BCUT2D eigenvalue weighted by Crippen LogP contribution is 2.17. The molecule has 2 N–H and O–H groups in total. The van der Waals surface area contributed by atoms with E-state index < -0.39 is 0 Å². The predicted molar refractivity (Wildman–Crippen MR) is 71.7 cm³/mol. The molecule has 0 aliphatic carbocycles. The minimum Gasteiger partial charge on any atom is -0.397 e. The monoisotopic (exact) mass is 271 g/mol. The van der Waals surface area contributed by atoms with Gasteiger partial charge in [-0.05, 0) is 19.9 Å². The molecule has 0 bridgehead atoms. The molecule has 0 spiro atoms. The smallest absolute Gasteiger partial charge is 0.256 e. The number of ether oxygens (including phenoxy) is 1. The normalized spacial score (nSPS) is 10.7. The zero-order valence-corrected chi connectivity index (χ0v) is 11.6. The summed E-state index contributed by atoms with van der Waals surface area (Å²) in [7, 11) is 1.69. The molecule has 0 aliphatic heterocycles. The molecule has 0 aromatic carbocycles. The van der Waals surface area contributed by atoms with Crippen molar-refractivity contribution in [2.45, 2.75) is 20.0 Å². The molecular formula is C12H18ClN3O2. The molecule has 5 nitrogen and oxygen atoms in total. The highest BCUT2D eigenvalue weighted by atomic mass is 35.5. The highest BCUT2D eigenvalue weighted by Gasteiger charge is 2.16. The van der Waals surface area contributed by atoms with Crippen LogP contribution in [0.15, 0.2) is 12.3 Å². The van der Waals surface area contributed by atoms with Gasteiger partial charge >= 0.3 is 0 Å². The second-order valence-corrected chi connectivity index (χ2v) is 4.61. The summed E-state index contributed by atoms with van der Waals surface area (Å²) in [6.07, 6.45) is 1.56. The Morgan fingerprint density at radius 3 is 2.89 bits per heavy atom. The van der Waals surface area contributed by atoms with Crippen LogP contribution in [0.2, 0.25) is 5.15 Å². The van der Waals surface area contributed by atoms with Crippen LogP contribution in [0.1, 0.15) is 24.2 Å². The maximum absolute atomic E-state index is 12.1. The van der Waals surface area contributed by atoms with Crippen LogP contribution < -0.4 is 5.73 Å². The topological polar surface area (TPSA) is 68.5 Å². The van der Waals surface area contributed by atoms with Crippen LogP contribution in [-0.4, -0.2) is 42.1 Å². The van der Waals surface area contributed by atoms with Crippen LogP contribution in [0.5, 0.6) is 0 Å². The number of halogens is 1. The van der Waals surface area contributed by atoms with Crippen molar-refractivity contribution in [2.75, 3.05) is 25.9 Å². The van der Waals surface area contributed by atoms with Gasteiger partial charge in [0.1, 0.15) is 5.15 Å². The predicted octanol–water partition coefficient (Wildman–Crippen LogP) is 1.81. The average Bonchev–Trinajstić information content (AvgIpc) is 2.30. The van der Waals surface area contributed by atoms with Gasteiger partial charge in [-0.3, -0.25) is 4.79 Å². The van der Waals surface area contributed by atoms with Crippen molar-refractivity contribution in [3.63, 3.8) is 0 Å². The van der Waals surface area contributed by atoms with E-state index in [9.17, 15) is 4.79 Å². The molecule has 0 unspecified atom stereocenters. The van der Waals surface area contributed by atoms with E-state index in [2.05, 4.69) is 4.98 Å². The number of carbonyl (C=O) groups is 1. The lowest BCUT2D eigenvalue weighted by Gasteiger charge is -2.18. The second-order valence-electron chi connectivity index (χ2n) is 4.25. The second kappa shape index (κ2) is 6.56. The fourth-order valence-corrected chi connectivity index (χ4v) is 1.53. The Morgan fingerprint density at radius 2 is 2.28 bits per heavy atom. The van der Waals surface area contributed by atoms with Gasteiger partial charge in [0.15, 0.2) is 0 Å². The van der Waals surface area contributed by atoms with E-state index in [1.54, 1.807) is 7.05 Å². The Bertz CT molecular complexity index is 424. The standard InChI is InChI=1S/C12H18ClN3O2/c1-8(2)18-5-4-16(3)12(17)10-6-9(14)7-15-11(10)13/h6-8H,4-5,14H2,1-3H3. The Hall–Kier alpha value is -1.33. The van der Waals surface area contributed by atoms with Gasteiger partial charge in [-0.1, -0.05) is 11.6 Å². The molecular weight excluding hydrogens is 254 g/mol. The molecule has 1 aromatic rings. The minimum atomic E-state index is -0.216. The van der Waals surface area contributed by atoms with Crippen molar-refractivity contribution in [1.29, 1.82) is 0 Å². The van der Waals surface area contributed by atoms with Crippen molar-refractivity contribution in [3.8, 4) is 0 Å². The molecule has 0 radical (unpaired) electrons. The number of pyridine rings is 1. The van der Waals surface area contributed by atoms with Gasteiger partial charge in [-0.25, -0.2) is 4.98 Å². The van der Waals surface area contributed by atoms with Crippen molar-refractivity contribution in [1.82, 2.24) is 9.88 Å². The quantitative estimate of drug-likeness (QED) is 0.830. The van der Waals surface area contributed by atoms with Crippen molar-refractivity contribution in [2.24, 2.45) is 0 Å². The first-order valence-corrected chi connectivity index (χ1v) is 6.07. The zero-order chi connectivity index (χ0) is 13.7. The number of nitrogen functional groups attached to an aromatic ring is 1. The van der Waals surface area contributed by atoms with Crippen LogP contribution in [0.3, 0.4) is 0 Å². The molecule has 100 valence electrons. The van der Waals surface area contributed by atoms with Crippen LogP contribution in [-0.2, 0) is 4.74 Å². The van der Waals surface area contributed by atoms with Gasteiger partial charge in [-0.15, -0.1) is 0 Å². The number of nitrogens with two attached hydrogens (primary N) is 1. The van der Waals surface area contributed by atoms with Crippen LogP contribution in [0.4, 0.5) is 5.69 Å². The van der Waals surface area contributed by atoms with E-state index in [1.807, 2.05) is 13.8 Å². The molecule has 0 saturated heterocycles. The summed E-state index contributed by atoms with van der Waals surface area (Å²) >= 11 is 5.87. The lowest BCUT2D eigenvalue weighted by Crippen LogP contribution is -2.31. The number of anilines is 1. The van der Waals surface area contributed by atoms with Crippen LogP contribution >= 0.6 is 11.6 Å². The number of aromatic nitrogens is 1. The minimum absolute atomic E-state index is 0.145. The van der Waals surface area contributed by atoms with Crippen molar-refractivity contribution >= 4 is 23.2 Å². The first-order chi connectivity index (χ1) is 8.41. The third-order valence-electron chi connectivity index (χ3n) is 2.32. The lowest BCUT2D eigenvalue weighted by molar-refractivity contribution is 0.0532. The van der Waals surface area contributed by atoms with Crippen LogP contribution in [0, 0.1) is 0 Å².